The van der Waals surface area contributed by atoms with Gasteiger partial charge in [-0.25, -0.2) is 9.59 Å². The molecule has 0 radical (unpaired) electrons. The summed E-state index contributed by atoms with van der Waals surface area (Å²) < 4.78 is 39.3. The molecule has 4 rings (SSSR count). The zero-order valence-corrected chi connectivity index (χ0v) is 14.9. The second kappa shape index (κ2) is 7.71. The summed E-state index contributed by atoms with van der Waals surface area (Å²) in [6, 6.07) is 17.6. The van der Waals surface area contributed by atoms with Crippen molar-refractivity contribution in [2.45, 2.75) is 13.2 Å². The van der Waals surface area contributed by atoms with Crippen LogP contribution in [-0.2, 0) is 11.3 Å². The Morgan fingerprint density at radius 1 is 1.00 bits per heavy atom. The summed E-state index contributed by atoms with van der Waals surface area (Å²) in [5, 5.41) is 2.51. The highest BCUT2D eigenvalue weighted by Crippen LogP contribution is 2.28. The minimum Gasteiger partial charge on any atom is -0.457 e. The second-order valence-corrected chi connectivity index (χ2v) is 6.23. The Kier molecular flexibility index (Phi) is 4.95. The van der Waals surface area contributed by atoms with E-state index < -0.39 is 18.2 Å². The monoisotopic (exact) mass is 396 g/mol. The van der Waals surface area contributed by atoms with Crippen molar-refractivity contribution in [1.29, 1.82) is 0 Å². The smallest absolute Gasteiger partial charge is 0.387 e. The third-order valence-electron chi connectivity index (χ3n) is 4.39. The van der Waals surface area contributed by atoms with Crippen LogP contribution in [0.15, 0.2) is 75.9 Å². The third kappa shape index (κ3) is 3.94. The van der Waals surface area contributed by atoms with E-state index in [9.17, 15) is 18.4 Å². The highest BCUT2D eigenvalue weighted by Gasteiger charge is 2.13. The maximum Gasteiger partial charge on any atom is 0.387 e. The summed E-state index contributed by atoms with van der Waals surface area (Å²) in [6.45, 7) is -3.09. The van der Waals surface area contributed by atoms with Gasteiger partial charge in [0.25, 0.3) is 0 Å². The van der Waals surface area contributed by atoms with Crippen LogP contribution in [0, 0.1) is 0 Å². The molecule has 0 atom stereocenters. The number of ether oxygens (including phenoxy) is 2. The van der Waals surface area contributed by atoms with E-state index >= 15 is 0 Å². The number of hydrogen-bond donors (Lipinski definition) is 0. The van der Waals surface area contributed by atoms with Gasteiger partial charge in [0.15, 0.2) is 0 Å². The molecule has 0 bridgehead atoms. The first kappa shape index (κ1) is 18.6. The summed E-state index contributed by atoms with van der Waals surface area (Å²) in [5.74, 6) is -0.718. The van der Waals surface area contributed by atoms with Gasteiger partial charge < -0.3 is 13.9 Å². The number of hydrogen-bond acceptors (Lipinski definition) is 5. The van der Waals surface area contributed by atoms with Gasteiger partial charge in [-0.1, -0.05) is 30.3 Å². The lowest BCUT2D eigenvalue weighted by atomic mass is 10.0. The van der Waals surface area contributed by atoms with Crippen LogP contribution in [-0.4, -0.2) is 12.6 Å². The van der Waals surface area contributed by atoms with Gasteiger partial charge in [0, 0.05) is 17.0 Å². The van der Waals surface area contributed by atoms with E-state index in [0.29, 0.717) is 16.5 Å². The number of esters is 1. The molecule has 0 saturated carbocycles. The van der Waals surface area contributed by atoms with Crippen LogP contribution in [0.3, 0.4) is 0 Å². The van der Waals surface area contributed by atoms with Gasteiger partial charge in [0.05, 0.1) is 5.56 Å². The number of carbonyl (C=O) groups is 1. The van der Waals surface area contributed by atoms with E-state index in [0.717, 1.165) is 10.8 Å². The van der Waals surface area contributed by atoms with E-state index in [4.69, 9.17) is 9.15 Å². The standard InChI is InChI=1S/C22H14F2O5/c23-22(24)28-16-8-5-14(6-9-16)21(26)27-12-15-11-19(25)29-18-10-7-13-3-1-2-4-17(13)20(15)18/h1-11,22H,12H2. The Morgan fingerprint density at radius 2 is 1.76 bits per heavy atom. The first-order valence-electron chi connectivity index (χ1n) is 8.68. The fourth-order valence-corrected chi connectivity index (χ4v) is 3.13. The Bertz CT molecular complexity index is 1250. The van der Waals surface area contributed by atoms with Crippen LogP contribution in [0.25, 0.3) is 21.7 Å². The van der Waals surface area contributed by atoms with E-state index in [1.807, 2.05) is 30.3 Å². The van der Waals surface area contributed by atoms with Crippen molar-refractivity contribution in [3.63, 3.8) is 0 Å². The molecule has 0 amide bonds. The first-order valence-corrected chi connectivity index (χ1v) is 8.68. The molecule has 4 aromatic rings. The van der Waals surface area contributed by atoms with Gasteiger partial charge in [-0.15, -0.1) is 0 Å². The molecule has 0 aliphatic rings. The lowest BCUT2D eigenvalue weighted by Gasteiger charge is -2.10. The summed E-state index contributed by atoms with van der Waals surface area (Å²) in [6.07, 6.45) is 0. The maximum atomic E-state index is 12.3. The Labute approximate surface area is 163 Å². The molecule has 1 heterocycles. The lowest BCUT2D eigenvalue weighted by molar-refractivity contribution is -0.0498. The van der Waals surface area contributed by atoms with Crippen molar-refractivity contribution in [3.05, 3.63) is 88.3 Å². The molecule has 0 aliphatic carbocycles. The van der Waals surface area contributed by atoms with Crippen molar-refractivity contribution < 1.29 is 27.5 Å². The molecule has 7 heteroatoms. The van der Waals surface area contributed by atoms with Gasteiger partial charge >= 0.3 is 18.2 Å². The largest absolute Gasteiger partial charge is 0.457 e. The average Bonchev–Trinajstić information content (AvgIpc) is 2.71. The van der Waals surface area contributed by atoms with Crippen LogP contribution in [0.4, 0.5) is 8.78 Å². The highest BCUT2D eigenvalue weighted by atomic mass is 19.3. The van der Waals surface area contributed by atoms with Crippen molar-refractivity contribution in [3.8, 4) is 5.75 Å². The van der Waals surface area contributed by atoms with Gasteiger partial charge in [0.2, 0.25) is 0 Å². The molecular weight excluding hydrogens is 382 g/mol. The van der Waals surface area contributed by atoms with Crippen LogP contribution in [0.5, 0.6) is 5.75 Å². The van der Waals surface area contributed by atoms with Crippen LogP contribution in [0.2, 0.25) is 0 Å². The van der Waals surface area contributed by atoms with Crippen molar-refractivity contribution in [1.82, 2.24) is 0 Å². The quantitative estimate of drug-likeness (QED) is 0.273. The normalized spacial score (nSPS) is 11.1. The number of benzene rings is 3. The number of rotatable bonds is 5. The van der Waals surface area contributed by atoms with Gasteiger partial charge in [-0.2, -0.15) is 8.78 Å². The first-order chi connectivity index (χ1) is 14.0. The Hall–Kier alpha value is -3.74. The molecular formula is C22H14F2O5. The zero-order chi connectivity index (χ0) is 20.4. The third-order valence-corrected chi connectivity index (χ3v) is 4.39. The van der Waals surface area contributed by atoms with Crippen molar-refractivity contribution in [2.24, 2.45) is 0 Å². The molecule has 0 fully saturated rings. The predicted octanol–water partition coefficient (Wildman–Crippen LogP) is 4.90. The van der Waals surface area contributed by atoms with Gasteiger partial charge in [-0.05, 0) is 41.1 Å². The lowest BCUT2D eigenvalue weighted by Crippen LogP contribution is -2.08. The number of carbonyl (C=O) groups excluding carboxylic acids is 1. The molecule has 146 valence electrons. The Balaban J connectivity index is 1.62. The van der Waals surface area contributed by atoms with Gasteiger partial charge in [-0.3, -0.25) is 0 Å². The van der Waals surface area contributed by atoms with E-state index in [2.05, 4.69) is 4.74 Å². The summed E-state index contributed by atoms with van der Waals surface area (Å²) in [4.78, 5) is 24.2. The average molecular weight is 396 g/mol. The van der Waals surface area contributed by atoms with Crippen LogP contribution >= 0.6 is 0 Å². The molecule has 3 aromatic carbocycles. The minimum atomic E-state index is -2.94. The summed E-state index contributed by atoms with van der Waals surface area (Å²) in [5.41, 5.74) is 0.533. The molecule has 29 heavy (non-hydrogen) atoms. The van der Waals surface area contributed by atoms with Crippen molar-refractivity contribution >= 4 is 27.7 Å². The molecule has 5 nitrogen and oxygen atoms in total. The highest BCUT2D eigenvalue weighted by molar-refractivity contribution is 6.07. The molecule has 0 saturated heterocycles. The maximum absolute atomic E-state index is 12.3. The topological polar surface area (TPSA) is 65.7 Å². The number of fused-ring (bicyclic) bond motifs is 3. The Morgan fingerprint density at radius 3 is 2.52 bits per heavy atom. The zero-order valence-electron chi connectivity index (χ0n) is 14.9. The SMILES string of the molecule is O=C(OCc1cc(=O)oc2ccc3ccccc3c12)c1ccc(OC(F)F)cc1. The number of halogens is 2. The predicted molar refractivity (Wildman–Crippen MR) is 102 cm³/mol. The molecule has 1 aromatic heterocycles. The second-order valence-electron chi connectivity index (χ2n) is 6.23. The number of alkyl halides is 2. The summed E-state index contributed by atoms with van der Waals surface area (Å²) in [7, 11) is 0. The van der Waals surface area contributed by atoms with E-state index in [1.165, 1.54) is 30.3 Å². The molecule has 0 N–H and O–H groups in total. The van der Waals surface area contributed by atoms with Crippen LogP contribution in [0.1, 0.15) is 15.9 Å². The fourth-order valence-electron chi connectivity index (χ4n) is 3.13. The fraction of sp³-hybridized carbons (Fsp3) is 0.0909. The molecule has 0 unspecified atom stereocenters. The van der Waals surface area contributed by atoms with Gasteiger partial charge in [0.1, 0.15) is 17.9 Å². The van der Waals surface area contributed by atoms with E-state index in [-0.39, 0.29) is 17.9 Å². The molecule has 0 spiro atoms. The molecule has 0 aliphatic heterocycles. The van der Waals surface area contributed by atoms with E-state index in [1.54, 1.807) is 6.07 Å². The summed E-state index contributed by atoms with van der Waals surface area (Å²) >= 11 is 0. The minimum absolute atomic E-state index is 0.0605. The van der Waals surface area contributed by atoms with Crippen LogP contribution < -0.4 is 10.4 Å². The van der Waals surface area contributed by atoms with Crippen molar-refractivity contribution in [2.75, 3.05) is 0 Å².